The van der Waals surface area contributed by atoms with Crippen LogP contribution in [-0.2, 0) is 9.59 Å². The highest BCUT2D eigenvalue weighted by atomic mass is 16.2. The summed E-state index contributed by atoms with van der Waals surface area (Å²) in [5, 5.41) is 3.21. The van der Waals surface area contributed by atoms with Crippen LogP contribution in [0.5, 0.6) is 0 Å². The van der Waals surface area contributed by atoms with Crippen LogP contribution in [0.2, 0.25) is 0 Å². The van der Waals surface area contributed by atoms with Gasteiger partial charge < -0.3 is 10.2 Å². The molecule has 0 aromatic carbocycles. The molecule has 4 bridgehead atoms. The van der Waals surface area contributed by atoms with E-state index in [2.05, 4.69) is 5.32 Å². The van der Waals surface area contributed by atoms with Gasteiger partial charge >= 0.3 is 0 Å². The Hall–Kier alpha value is -1.06. The van der Waals surface area contributed by atoms with Gasteiger partial charge in [-0.2, -0.15) is 0 Å². The maximum absolute atomic E-state index is 12.6. The minimum atomic E-state index is -0.112. The number of rotatable bonds is 5. The molecule has 5 aliphatic carbocycles. The van der Waals surface area contributed by atoms with Crippen molar-refractivity contribution in [2.45, 2.75) is 83.1 Å². The van der Waals surface area contributed by atoms with E-state index in [9.17, 15) is 9.59 Å². The summed E-state index contributed by atoms with van der Waals surface area (Å²) < 4.78 is 0. The summed E-state index contributed by atoms with van der Waals surface area (Å²) in [5.74, 6) is 3.15. The van der Waals surface area contributed by atoms with Crippen molar-refractivity contribution in [3.63, 3.8) is 0 Å². The summed E-state index contributed by atoms with van der Waals surface area (Å²) in [6, 6.07) is 0.410. The standard InChI is InChI=1S/C22H34N2O2/c25-20-10-18(14-24(20)19-3-1-2-4-19)21(26)23-6-5-22-11-15-7-16(12-22)9-17(8-15)13-22/h15-19H,1-14H2,(H,23,26)/t15?,16?,17?,18-,22?/m1/s1. The minimum Gasteiger partial charge on any atom is -0.356 e. The number of hydrogen-bond acceptors (Lipinski definition) is 2. The first-order chi connectivity index (χ1) is 12.6. The van der Waals surface area contributed by atoms with Gasteiger partial charge in [-0.05, 0) is 81.0 Å². The zero-order chi connectivity index (χ0) is 17.7. The largest absolute Gasteiger partial charge is 0.356 e. The predicted octanol–water partition coefficient (Wildman–Crippen LogP) is 3.50. The number of nitrogens with zero attached hydrogens (tertiary/aromatic N) is 1. The second-order valence-corrected chi connectivity index (χ2v) is 10.3. The van der Waals surface area contributed by atoms with Crippen LogP contribution in [-0.4, -0.2) is 35.8 Å². The molecule has 5 saturated carbocycles. The molecule has 1 atom stereocenters. The van der Waals surface area contributed by atoms with Gasteiger partial charge in [0.15, 0.2) is 0 Å². The van der Waals surface area contributed by atoms with Crippen molar-refractivity contribution < 1.29 is 9.59 Å². The van der Waals surface area contributed by atoms with Crippen molar-refractivity contribution in [2.75, 3.05) is 13.1 Å². The van der Waals surface area contributed by atoms with E-state index >= 15 is 0 Å². The Balaban J connectivity index is 1.12. The quantitative estimate of drug-likeness (QED) is 0.818. The molecule has 6 fully saturated rings. The molecule has 0 unspecified atom stereocenters. The van der Waals surface area contributed by atoms with Crippen LogP contribution in [0, 0.1) is 29.1 Å². The zero-order valence-corrected chi connectivity index (χ0v) is 16.0. The highest BCUT2D eigenvalue weighted by Gasteiger charge is 2.50. The predicted molar refractivity (Wildman–Crippen MR) is 100 cm³/mol. The Morgan fingerprint density at radius 1 is 1.04 bits per heavy atom. The fourth-order valence-electron chi connectivity index (χ4n) is 7.67. The molecule has 4 heteroatoms. The fraction of sp³-hybridized carbons (Fsp3) is 0.909. The summed E-state index contributed by atoms with van der Waals surface area (Å²) in [4.78, 5) is 27.0. The lowest BCUT2D eigenvalue weighted by Gasteiger charge is -2.57. The molecular formula is C22H34N2O2. The third-order valence-electron chi connectivity index (χ3n) is 8.41. The lowest BCUT2D eigenvalue weighted by atomic mass is 9.49. The number of carbonyl (C=O) groups is 2. The smallest absolute Gasteiger partial charge is 0.225 e. The van der Waals surface area contributed by atoms with Crippen LogP contribution < -0.4 is 5.32 Å². The molecule has 0 spiro atoms. The molecule has 6 aliphatic rings. The van der Waals surface area contributed by atoms with Gasteiger partial charge in [0.25, 0.3) is 0 Å². The summed E-state index contributed by atoms with van der Waals surface area (Å²) in [7, 11) is 0. The van der Waals surface area contributed by atoms with Gasteiger partial charge in [-0.15, -0.1) is 0 Å². The van der Waals surface area contributed by atoms with Crippen molar-refractivity contribution in [1.82, 2.24) is 10.2 Å². The van der Waals surface area contributed by atoms with Crippen molar-refractivity contribution in [2.24, 2.45) is 29.1 Å². The summed E-state index contributed by atoms with van der Waals surface area (Å²) in [6.45, 7) is 1.48. The molecule has 26 heavy (non-hydrogen) atoms. The average Bonchev–Trinajstić information content (AvgIpc) is 3.22. The number of likely N-dealkylation sites (tertiary alicyclic amines) is 1. The van der Waals surface area contributed by atoms with Crippen LogP contribution in [0.3, 0.4) is 0 Å². The molecule has 1 N–H and O–H groups in total. The number of carbonyl (C=O) groups excluding carboxylic acids is 2. The highest BCUT2D eigenvalue weighted by molar-refractivity contribution is 5.89. The van der Waals surface area contributed by atoms with Gasteiger partial charge in [0.2, 0.25) is 11.8 Å². The lowest BCUT2D eigenvalue weighted by molar-refractivity contribution is -0.130. The highest BCUT2D eigenvalue weighted by Crippen LogP contribution is 2.61. The SMILES string of the molecule is O=C(NCCC12CC3CC(CC(C3)C1)C2)[C@@H]1CC(=O)N(C2CCCC2)C1. The first kappa shape index (κ1) is 17.1. The monoisotopic (exact) mass is 358 g/mol. The number of hydrogen-bond donors (Lipinski definition) is 1. The molecule has 1 saturated heterocycles. The molecule has 0 aromatic heterocycles. The van der Waals surface area contributed by atoms with E-state index < -0.39 is 0 Å². The normalized spacial score (nSPS) is 42.0. The Labute approximate surface area is 157 Å². The fourth-order valence-corrected chi connectivity index (χ4v) is 7.67. The molecule has 4 nitrogen and oxygen atoms in total. The summed E-state index contributed by atoms with van der Waals surface area (Å²) in [6.07, 6.45) is 15.0. The van der Waals surface area contributed by atoms with Gasteiger partial charge in [0.05, 0.1) is 5.92 Å². The second-order valence-electron chi connectivity index (χ2n) is 10.3. The zero-order valence-electron chi connectivity index (χ0n) is 16.0. The second kappa shape index (κ2) is 6.53. The van der Waals surface area contributed by atoms with Crippen LogP contribution in [0.25, 0.3) is 0 Å². The van der Waals surface area contributed by atoms with Gasteiger partial charge in [-0.3, -0.25) is 9.59 Å². The first-order valence-corrected chi connectivity index (χ1v) is 11.2. The Kier molecular flexibility index (Phi) is 4.28. The maximum Gasteiger partial charge on any atom is 0.225 e. The summed E-state index contributed by atoms with van der Waals surface area (Å²) in [5.41, 5.74) is 0.531. The number of nitrogens with one attached hydrogen (secondary N) is 1. The molecule has 0 aromatic rings. The van der Waals surface area contributed by atoms with E-state index in [-0.39, 0.29) is 17.7 Å². The molecular weight excluding hydrogens is 324 g/mol. The van der Waals surface area contributed by atoms with Gasteiger partial charge in [0.1, 0.15) is 0 Å². The van der Waals surface area contributed by atoms with Crippen LogP contribution in [0.4, 0.5) is 0 Å². The lowest BCUT2D eigenvalue weighted by Crippen LogP contribution is -2.47. The number of amides is 2. The first-order valence-electron chi connectivity index (χ1n) is 11.2. The Morgan fingerprint density at radius 3 is 2.27 bits per heavy atom. The van der Waals surface area contributed by atoms with Crippen molar-refractivity contribution in [3.05, 3.63) is 0 Å². The van der Waals surface area contributed by atoms with Gasteiger partial charge in [-0.1, -0.05) is 12.8 Å². The molecule has 2 amide bonds. The average molecular weight is 359 g/mol. The Morgan fingerprint density at radius 2 is 1.65 bits per heavy atom. The van der Waals surface area contributed by atoms with Crippen LogP contribution in [0.15, 0.2) is 0 Å². The third-order valence-corrected chi connectivity index (χ3v) is 8.41. The van der Waals surface area contributed by atoms with Crippen LogP contribution >= 0.6 is 0 Å². The maximum atomic E-state index is 12.6. The van der Waals surface area contributed by atoms with Crippen molar-refractivity contribution >= 4 is 11.8 Å². The van der Waals surface area contributed by atoms with E-state index in [1.54, 1.807) is 0 Å². The molecule has 1 heterocycles. The molecule has 1 aliphatic heterocycles. The third kappa shape index (κ3) is 3.07. The summed E-state index contributed by atoms with van der Waals surface area (Å²) >= 11 is 0. The van der Waals surface area contributed by atoms with Gasteiger partial charge in [-0.25, -0.2) is 0 Å². The van der Waals surface area contributed by atoms with E-state index in [4.69, 9.17) is 0 Å². The molecule has 144 valence electrons. The van der Waals surface area contributed by atoms with Crippen LogP contribution in [0.1, 0.15) is 77.0 Å². The van der Waals surface area contributed by atoms with E-state index in [0.29, 0.717) is 24.4 Å². The van der Waals surface area contributed by atoms with E-state index in [1.807, 2.05) is 4.90 Å². The van der Waals surface area contributed by atoms with Gasteiger partial charge in [0, 0.05) is 25.6 Å². The minimum absolute atomic E-state index is 0.112. The van der Waals surface area contributed by atoms with Crippen molar-refractivity contribution in [1.29, 1.82) is 0 Å². The Bertz CT molecular complexity index is 545. The van der Waals surface area contributed by atoms with Crippen molar-refractivity contribution in [3.8, 4) is 0 Å². The topological polar surface area (TPSA) is 49.4 Å². The molecule has 6 rings (SSSR count). The van der Waals surface area contributed by atoms with E-state index in [1.165, 1.54) is 51.4 Å². The van der Waals surface area contributed by atoms with E-state index in [0.717, 1.165) is 43.6 Å². The molecule has 0 radical (unpaired) electrons.